The van der Waals surface area contributed by atoms with Gasteiger partial charge in [0.25, 0.3) is 0 Å². The average molecular weight is 347 g/mol. The first-order valence-electron chi connectivity index (χ1n) is 6.79. The second kappa shape index (κ2) is 5.90. The molecule has 21 heavy (non-hydrogen) atoms. The summed E-state index contributed by atoms with van der Waals surface area (Å²) in [5.74, 6) is 1.70. The molecule has 2 aromatic rings. The van der Waals surface area contributed by atoms with Gasteiger partial charge in [-0.05, 0) is 42.0 Å². The molecule has 1 aliphatic rings. The summed E-state index contributed by atoms with van der Waals surface area (Å²) in [4.78, 5) is 12.4. The summed E-state index contributed by atoms with van der Waals surface area (Å²) >= 11 is 3.50. The smallest absolute Gasteiger partial charge is 0.167 e. The van der Waals surface area contributed by atoms with E-state index in [0.717, 1.165) is 28.0 Å². The first-order valence-corrected chi connectivity index (χ1v) is 7.58. The standard InChI is InChI=1S/C17H15BrO3/c1-20-15-4-2-11(3-5-15)16(19)10-13-9-14(18)8-12-6-7-21-17(12)13/h2-5,8-9H,6-7,10H2,1H3. The van der Waals surface area contributed by atoms with Crippen LogP contribution in [0.2, 0.25) is 0 Å². The molecule has 0 atom stereocenters. The third kappa shape index (κ3) is 2.95. The number of rotatable bonds is 4. The minimum Gasteiger partial charge on any atom is -0.497 e. The summed E-state index contributed by atoms with van der Waals surface area (Å²) in [7, 11) is 1.61. The van der Waals surface area contributed by atoms with Crippen LogP contribution in [0.4, 0.5) is 0 Å². The van der Waals surface area contributed by atoms with Crippen LogP contribution in [0.5, 0.6) is 11.5 Å². The summed E-state index contributed by atoms with van der Waals surface area (Å²) < 4.78 is 11.8. The number of carbonyl (C=O) groups excluding carboxylic acids is 1. The van der Waals surface area contributed by atoms with Crippen molar-refractivity contribution in [3.8, 4) is 11.5 Å². The van der Waals surface area contributed by atoms with E-state index < -0.39 is 0 Å². The van der Waals surface area contributed by atoms with Gasteiger partial charge >= 0.3 is 0 Å². The molecule has 1 heterocycles. The average Bonchev–Trinajstić information content (AvgIpc) is 2.95. The van der Waals surface area contributed by atoms with Gasteiger partial charge in [0.05, 0.1) is 13.7 Å². The van der Waals surface area contributed by atoms with Gasteiger partial charge in [-0.3, -0.25) is 4.79 Å². The van der Waals surface area contributed by atoms with Gasteiger partial charge in [-0.15, -0.1) is 0 Å². The van der Waals surface area contributed by atoms with Crippen LogP contribution in [0.15, 0.2) is 40.9 Å². The zero-order valence-corrected chi connectivity index (χ0v) is 13.3. The molecule has 0 aromatic heterocycles. The van der Waals surface area contributed by atoms with Gasteiger partial charge in [0.2, 0.25) is 0 Å². The molecule has 0 N–H and O–H groups in total. The first-order chi connectivity index (χ1) is 10.2. The molecule has 0 fully saturated rings. The summed E-state index contributed by atoms with van der Waals surface area (Å²) in [6, 6.07) is 11.2. The van der Waals surface area contributed by atoms with E-state index in [1.165, 1.54) is 5.56 Å². The van der Waals surface area contributed by atoms with E-state index in [4.69, 9.17) is 9.47 Å². The van der Waals surface area contributed by atoms with E-state index in [2.05, 4.69) is 22.0 Å². The maximum absolute atomic E-state index is 12.4. The third-order valence-electron chi connectivity index (χ3n) is 3.59. The van der Waals surface area contributed by atoms with Crippen LogP contribution in [0.1, 0.15) is 21.5 Å². The lowest BCUT2D eigenvalue weighted by Crippen LogP contribution is -2.05. The Balaban J connectivity index is 1.84. The summed E-state index contributed by atoms with van der Waals surface area (Å²) in [5.41, 5.74) is 2.79. The number of ether oxygens (including phenoxy) is 2. The number of fused-ring (bicyclic) bond motifs is 1. The number of hydrogen-bond donors (Lipinski definition) is 0. The molecule has 0 spiro atoms. The minimum atomic E-state index is 0.0773. The van der Waals surface area contributed by atoms with Gasteiger partial charge in [-0.25, -0.2) is 0 Å². The SMILES string of the molecule is COc1ccc(C(=O)Cc2cc(Br)cc3c2OCC3)cc1. The quantitative estimate of drug-likeness (QED) is 0.789. The second-order valence-electron chi connectivity index (χ2n) is 4.98. The highest BCUT2D eigenvalue weighted by atomic mass is 79.9. The second-order valence-corrected chi connectivity index (χ2v) is 5.90. The molecule has 1 aliphatic heterocycles. The van der Waals surface area contributed by atoms with Gasteiger partial charge in [0.15, 0.2) is 5.78 Å². The fourth-order valence-corrected chi connectivity index (χ4v) is 3.08. The van der Waals surface area contributed by atoms with Crippen molar-refractivity contribution >= 4 is 21.7 Å². The molecule has 0 radical (unpaired) electrons. The number of halogens is 1. The lowest BCUT2D eigenvalue weighted by atomic mass is 10.00. The van der Waals surface area contributed by atoms with Crippen LogP contribution in [0.3, 0.4) is 0 Å². The van der Waals surface area contributed by atoms with E-state index in [1.807, 2.05) is 6.07 Å². The molecule has 108 valence electrons. The number of carbonyl (C=O) groups is 1. The lowest BCUT2D eigenvalue weighted by Gasteiger charge is -2.09. The largest absolute Gasteiger partial charge is 0.497 e. The number of hydrogen-bond acceptors (Lipinski definition) is 3. The molecule has 3 rings (SSSR count). The van der Waals surface area contributed by atoms with E-state index >= 15 is 0 Å². The van der Waals surface area contributed by atoms with Crippen LogP contribution in [-0.4, -0.2) is 19.5 Å². The predicted octanol–water partition coefficient (Wildman–Crippen LogP) is 3.82. The van der Waals surface area contributed by atoms with Crippen molar-refractivity contribution in [2.75, 3.05) is 13.7 Å². The van der Waals surface area contributed by atoms with Crippen molar-refractivity contribution < 1.29 is 14.3 Å². The van der Waals surface area contributed by atoms with Crippen molar-refractivity contribution in [2.45, 2.75) is 12.8 Å². The molecular weight excluding hydrogens is 332 g/mol. The van der Waals surface area contributed by atoms with Crippen molar-refractivity contribution in [1.82, 2.24) is 0 Å². The van der Waals surface area contributed by atoms with E-state index in [-0.39, 0.29) is 5.78 Å². The number of benzene rings is 2. The molecule has 0 aliphatic carbocycles. The lowest BCUT2D eigenvalue weighted by molar-refractivity contribution is 0.0992. The molecule has 3 nitrogen and oxygen atoms in total. The maximum Gasteiger partial charge on any atom is 0.167 e. The number of ketones is 1. The summed E-state index contributed by atoms with van der Waals surface area (Å²) in [5, 5.41) is 0. The highest BCUT2D eigenvalue weighted by Crippen LogP contribution is 2.33. The topological polar surface area (TPSA) is 35.5 Å². The van der Waals surface area contributed by atoms with Crippen LogP contribution in [0.25, 0.3) is 0 Å². The molecule has 0 unspecified atom stereocenters. The third-order valence-corrected chi connectivity index (χ3v) is 4.05. The minimum absolute atomic E-state index is 0.0773. The van der Waals surface area contributed by atoms with Crippen LogP contribution in [0, 0.1) is 0 Å². The molecule has 2 aromatic carbocycles. The monoisotopic (exact) mass is 346 g/mol. The molecular formula is C17H15BrO3. The first kappa shape index (κ1) is 14.1. The van der Waals surface area contributed by atoms with E-state index in [0.29, 0.717) is 18.6 Å². The van der Waals surface area contributed by atoms with Crippen molar-refractivity contribution in [1.29, 1.82) is 0 Å². The van der Waals surface area contributed by atoms with Gasteiger partial charge < -0.3 is 9.47 Å². The Bertz CT molecular complexity index is 677. The Labute approximate surface area is 132 Å². The number of methoxy groups -OCH3 is 1. The Morgan fingerprint density at radius 1 is 1.29 bits per heavy atom. The fraction of sp³-hybridized carbons (Fsp3) is 0.235. The molecule has 4 heteroatoms. The van der Waals surface area contributed by atoms with Crippen LogP contribution >= 0.6 is 15.9 Å². The normalized spacial score (nSPS) is 12.7. The van der Waals surface area contributed by atoms with Gasteiger partial charge in [0.1, 0.15) is 11.5 Å². The van der Waals surface area contributed by atoms with Gasteiger partial charge in [-0.1, -0.05) is 15.9 Å². The van der Waals surface area contributed by atoms with Crippen LogP contribution < -0.4 is 9.47 Å². The Morgan fingerprint density at radius 3 is 2.76 bits per heavy atom. The van der Waals surface area contributed by atoms with Crippen molar-refractivity contribution in [2.24, 2.45) is 0 Å². The molecule has 0 saturated heterocycles. The zero-order valence-electron chi connectivity index (χ0n) is 11.7. The van der Waals surface area contributed by atoms with Gasteiger partial charge in [-0.2, -0.15) is 0 Å². The van der Waals surface area contributed by atoms with E-state index in [9.17, 15) is 4.79 Å². The zero-order chi connectivity index (χ0) is 14.8. The van der Waals surface area contributed by atoms with E-state index in [1.54, 1.807) is 31.4 Å². The Morgan fingerprint density at radius 2 is 2.05 bits per heavy atom. The summed E-state index contributed by atoms with van der Waals surface area (Å²) in [6.45, 7) is 0.690. The predicted molar refractivity (Wildman–Crippen MR) is 84.4 cm³/mol. The highest BCUT2D eigenvalue weighted by Gasteiger charge is 2.19. The molecule has 0 amide bonds. The fourth-order valence-electron chi connectivity index (χ4n) is 2.53. The van der Waals surface area contributed by atoms with Crippen molar-refractivity contribution in [3.05, 3.63) is 57.6 Å². The van der Waals surface area contributed by atoms with Gasteiger partial charge in [0, 0.05) is 28.4 Å². The maximum atomic E-state index is 12.4. The van der Waals surface area contributed by atoms with Crippen LogP contribution in [-0.2, 0) is 12.8 Å². The Kier molecular flexibility index (Phi) is 3.97. The summed E-state index contributed by atoms with van der Waals surface area (Å²) in [6.07, 6.45) is 1.24. The molecule has 0 saturated carbocycles. The Hall–Kier alpha value is -1.81. The highest BCUT2D eigenvalue weighted by molar-refractivity contribution is 9.10. The molecule has 0 bridgehead atoms. The number of Topliss-reactive ketones (excluding diaryl/α,β-unsaturated/α-hetero) is 1. The van der Waals surface area contributed by atoms with Crippen molar-refractivity contribution in [3.63, 3.8) is 0 Å².